The van der Waals surface area contributed by atoms with Gasteiger partial charge in [-0.1, -0.05) is 88.6 Å². The molecule has 1 unspecified atom stereocenters. The summed E-state index contributed by atoms with van der Waals surface area (Å²) in [5, 5.41) is 20.8. The Balaban J connectivity index is 0.000000399. The first-order valence-corrected chi connectivity index (χ1v) is 14.4. The zero-order valence-corrected chi connectivity index (χ0v) is 23.4. The third-order valence-electron chi connectivity index (χ3n) is 6.41. The van der Waals surface area contributed by atoms with Crippen molar-refractivity contribution in [2.24, 2.45) is 11.7 Å². The molecule has 0 aliphatic carbocycles. The Morgan fingerprint density at radius 2 is 1.45 bits per heavy atom. The SMILES string of the molecule is CCCCCCCCCCC(Cc1ccccc1)C(C)(C)N.O=[N+]([O-])c1ccc(S(=O)(=O)O)c([N+](=O)[O-])c1. The summed E-state index contributed by atoms with van der Waals surface area (Å²) in [6.07, 6.45) is 13.5. The van der Waals surface area contributed by atoms with Crippen LogP contribution in [0.5, 0.6) is 0 Å². The average Bonchev–Trinajstić information content (AvgIpc) is 2.84. The van der Waals surface area contributed by atoms with Gasteiger partial charge in [0.1, 0.15) is 0 Å². The van der Waals surface area contributed by atoms with Gasteiger partial charge in [-0.2, -0.15) is 8.42 Å². The fourth-order valence-electron chi connectivity index (χ4n) is 4.14. The van der Waals surface area contributed by atoms with Crippen LogP contribution in [0.25, 0.3) is 0 Å². The zero-order chi connectivity index (χ0) is 28.8. The maximum atomic E-state index is 10.7. The van der Waals surface area contributed by atoms with Gasteiger partial charge in [-0.3, -0.25) is 24.8 Å². The van der Waals surface area contributed by atoms with Crippen LogP contribution in [0.4, 0.5) is 11.4 Å². The Bertz CT molecular complexity index is 1120. The number of rotatable bonds is 15. The van der Waals surface area contributed by atoms with Crippen LogP contribution in [0.15, 0.2) is 53.4 Å². The molecule has 0 amide bonds. The van der Waals surface area contributed by atoms with Crippen LogP contribution in [-0.4, -0.2) is 28.4 Å². The molecule has 0 aliphatic heterocycles. The van der Waals surface area contributed by atoms with Gasteiger partial charge in [0.15, 0.2) is 4.90 Å². The first kappa shape index (κ1) is 33.1. The molecule has 0 heterocycles. The van der Waals surface area contributed by atoms with E-state index in [1.165, 1.54) is 63.4 Å². The summed E-state index contributed by atoms with van der Waals surface area (Å²) >= 11 is 0. The topological polar surface area (TPSA) is 167 Å². The molecule has 0 saturated carbocycles. The van der Waals surface area contributed by atoms with Crippen molar-refractivity contribution in [1.82, 2.24) is 0 Å². The van der Waals surface area contributed by atoms with Crippen molar-refractivity contribution in [2.45, 2.75) is 95.4 Å². The van der Waals surface area contributed by atoms with Gasteiger partial charge in [0, 0.05) is 11.6 Å². The molecule has 0 bridgehead atoms. The van der Waals surface area contributed by atoms with E-state index in [2.05, 4.69) is 51.1 Å². The molecule has 11 heteroatoms. The van der Waals surface area contributed by atoms with Crippen LogP contribution >= 0.6 is 0 Å². The fourth-order valence-corrected chi connectivity index (χ4v) is 4.78. The number of nitrogens with two attached hydrogens (primary N) is 1. The second-order valence-electron chi connectivity index (χ2n) is 10.1. The lowest BCUT2D eigenvalue weighted by Crippen LogP contribution is -2.42. The number of hydrogen-bond acceptors (Lipinski definition) is 7. The summed E-state index contributed by atoms with van der Waals surface area (Å²) in [5.41, 5.74) is 6.07. The van der Waals surface area contributed by atoms with Crippen molar-refractivity contribution in [1.29, 1.82) is 0 Å². The van der Waals surface area contributed by atoms with Gasteiger partial charge in [-0.05, 0) is 44.2 Å². The smallest absolute Gasteiger partial charge is 0.301 e. The van der Waals surface area contributed by atoms with Gasteiger partial charge in [0.05, 0.1) is 15.9 Å². The molecule has 38 heavy (non-hydrogen) atoms. The first-order valence-electron chi connectivity index (χ1n) is 13.0. The first-order chi connectivity index (χ1) is 17.8. The number of nitrogens with zero attached hydrogens (tertiary/aromatic N) is 2. The molecular weight excluding hydrogens is 510 g/mol. The molecule has 212 valence electrons. The van der Waals surface area contributed by atoms with E-state index in [4.69, 9.17) is 10.3 Å². The lowest BCUT2D eigenvalue weighted by molar-refractivity contribution is -0.396. The van der Waals surface area contributed by atoms with Gasteiger partial charge in [0.25, 0.3) is 11.4 Å². The fraction of sp³-hybridized carbons (Fsp3) is 0.556. The van der Waals surface area contributed by atoms with Crippen LogP contribution in [0.1, 0.15) is 84.1 Å². The minimum absolute atomic E-state index is 0.0863. The van der Waals surface area contributed by atoms with Crippen LogP contribution in [0.2, 0.25) is 0 Å². The van der Waals surface area contributed by atoms with Crippen LogP contribution in [0.3, 0.4) is 0 Å². The van der Waals surface area contributed by atoms with Crippen LogP contribution in [0, 0.1) is 26.1 Å². The number of nitro groups is 2. The highest BCUT2D eigenvalue weighted by Gasteiger charge is 2.27. The van der Waals surface area contributed by atoms with E-state index < -0.39 is 36.2 Å². The Hall–Kier alpha value is -2.89. The Kier molecular flexibility index (Phi) is 14.1. The van der Waals surface area contributed by atoms with Crippen molar-refractivity contribution in [3.05, 3.63) is 74.3 Å². The van der Waals surface area contributed by atoms with E-state index in [0.717, 1.165) is 12.5 Å². The lowest BCUT2D eigenvalue weighted by atomic mass is 9.80. The van der Waals surface area contributed by atoms with E-state index >= 15 is 0 Å². The second-order valence-corrected chi connectivity index (χ2v) is 11.5. The molecular formula is C27H41N3O7S. The lowest BCUT2D eigenvalue weighted by Gasteiger charge is -2.31. The third kappa shape index (κ3) is 12.6. The normalized spacial score (nSPS) is 12.3. The standard InChI is InChI=1S/C21H37N.C6H4N2O7S/c1-4-5-6-7-8-9-10-14-17-20(21(2,3)22)18-19-15-12-11-13-16-19;9-7(10)4-1-2-6(16(13,14)15)5(3-4)8(11)12/h11-13,15-16,20H,4-10,14,17-18,22H2,1-3H3;1-3H,(H,13,14,15). The molecule has 3 N–H and O–H groups in total. The Morgan fingerprint density at radius 3 is 1.92 bits per heavy atom. The van der Waals surface area contributed by atoms with Crippen molar-refractivity contribution < 1.29 is 22.8 Å². The molecule has 10 nitrogen and oxygen atoms in total. The van der Waals surface area contributed by atoms with Gasteiger partial charge in [0.2, 0.25) is 0 Å². The van der Waals surface area contributed by atoms with Crippen molar-refractivity contribution >= 4 is 21.5 Å². The molecule has 0 aliphatic rings. The quantitative estimate of drug-likeness (QED) is 0.105. The van der Waals surface area contributed by atoms with Gasteiger partial charge < -0.3 is 5.73 Å². The number of hydrogen-bond donors (Lipinski definition) is 2. The van der Waals surface area contributed by atoms with E-state index in [1.54, 1.807) is 0 Å². The van der Waals surface area contributed by atoms with E-state index in [0.29, 0.717) is 18.1 Å². The molecule has 0 saturated heterocycles. The molecule has 2 rings (SSSR count). The summed E-state index contributed by atoms with van der Waals surface area (Å²) in [6.45, 7) is 6.65. The monoisotopic (exact) mass is 551 g/mol. The summed E-state index contributed by atoms with van der Waals surface area (Å²) < 4.78 is 30.1. The number of nitro benzene ring substituents is 2. The predicted octanol–water partition coefficient (Wildman–Crippen LogP) is 6.86. The maximum Gasteiger partial charge on any atom is 0.301 e. The summed E-state index contributed by atoms with van der Waals surface area (Å²) in [6, 6.07) is 12.6. The number of unbranched alkanes of at least 4 members (excludes halogenated alkanes) is 7. The predicted molar refractivity (Wildman–Crippen MR) is 149 cm³/mol. The molecule has 2 aromatic carbocycles. The minimum Gasteiger partial charge on any atom is -0.325 e. The minimum atomic E-state index is -4.79. The molecule has 0 spiro atoms. The van der Waals surface area contributed by atoms with E-state index in [-0.39, 0.29) is 5.54 Å². The van der Waals surface area contributed by atoms with Crippen molar-refractivity contribution in [3.8, 4) is 0 Å². The highest BCUT2D eigenvalue weighted by Crippen LogP contribution is 2.28. The Labute approximate surface area is 225 Å². The molecule has 1 atom stereocenters. The summed E-state index contributed by atoms with van der Waals surface area (Å²) in [7, 11) is -4.79. The zero-order valence-electron chi connectivity index (χ0n) is 22.5. The molecule has 0 fully saturated rings. The Morgan fingerprint density at radius 1 is 0.895 bits per heavy atom. The number of non-ortho nitro benzene ring substituents is 1. The van der Waals surface area contributed by atoms with Gasteiger partial charge >= 0.3 is 10.1 Å². The van der Waals surface area contributed by atoms with Crippen LogP contribution in [-0.2, 0) is 16.5 Å². The average molecular weight is 552 g/mol. The van der Waals surface area contributed by atoms with Gasteiger partial charge in [-0.25, -0.2) is 0 Å². The summed E-state index contributed by atoms with van der Waals surface area (Å²) in [4.78, 5) is 17.7. The van der Waals surface area contributed by atoms with Crippen molar-refractivity contribution in [3.63, 3.8) is 0 Å². The summed E-state index contributed by atoms with van der Waals surface area (Å²) in [5.74, 6) is 0.579. The van der Waals surface area contributed by atoms with Gasteiger partial charge in [-0.15, -0.1) is 0 Å². The molecule has 0 radical (unpaired) electrons. The van der Waals surface area contributed by atoms with E-state index in [1.807, 2.05) is 0 Å². The highest BCUT2D eigenvalue weighted by atomic mass is 32.2. The van der Waals surface area contributed by atoms with Crippen LogP contribution < -0.4 is 5.73 Å². The molecule has 0 aromatic heterocycles. The second kappa shape index (κ2) is 16.2. The van der Waals surface area contributed by atoms with Crippen molar-refractivity contribution in [2.75, 3.05) is 0 Å². The largest absolute Gasteiger partial charge is 0.325 e. The maximum absolute atomic E-state index is 10.7. The highest BCUT2D eigenvalue weighted by molar-refractivity contribution is 7.86. The number of benzene rings is 2. The molecule has 2 aromatic rings. The third-order valence-corrected chi connectivity index (χ3v) is 7.31. The van der Waals surface area contributed by atoms with E-state index in [9.17, 15) is 28.6 Å².